The summed E-state index contributed by atoms with van der Waals surface area (Å²) in [5.41, 5.74) is 2.96. The van der Waals surface area contributed by atoms with E-state index in [4.69, 9.17) is 5.11 Å². The lowest BCUT2D eigenvalue weighted by molar-refractivity contribution is 0.0822. The monoisotopic (exact) mass is 305 g/mol. The number of carbonyl (C=O) groups excluding carboxylic acids is 1. The van der Waals surface area contributed by atoms with Gasteiger partial charge in [-0.2, -0.15) is 0 Å². The van der Waals surface area contributed by atoms with E-state index in [2.05, 4.69) is 20.9 Å². The fourth-order valence-electron chi connectivity index (χ4n) is 3.09. The molecule has 22 heavy (non-hydrogen) atoms. The Hall–Kier alpha value is -1.43. The fraction of sp³-hybridized carbons (Fsp3) is 0.588. The molecule has 122 valence electrons. The summed E-state index contributed by atoms with van der Waals surface area (Å²) in [5.74, 6) is 0.194. The molecule has 2 rings (SSSR count). The maximum absolute atomic E-state index is 12.6. The molecule has 0 aromatic carbocycles. The van der Waals surface area contributed by atoms with Crippen LogP contribution in [0.3, 0.4) is 0 Å². The molecule has 1 N–H and O–H groups in total. The van der Waals surface area contributed by atoms with Gasteiger partial charge in [-0.05, 0) is 19.9 Å². The number of aromatic nitrogens is 1. The van der Waals surface area contributed by atoms with Crippen LogP contribution < -0.4 is 0 Å². The zero-order valence-electron chi connectivity index (χ0n) is 13.7. The highest BCUT2D eigenvalue weighted by molar-refractivity contribution is 5.99. The standard InChI is InChI=1S/C17H27N3O2/c1-4-5-20-14(2)12-16(15(20)3)17(22)13-19-8-6-18(7-9-19)10-11-21/h4,12,21H,1,5-11,13H2,2-3H3. The lowest BCUT2D eigenvalue weighted by Crippen LogP contribution is -2.48. The number of hydrogen-bond donors (Lipinski definition) is 1. The Morgan fingerprint density at radius 2 is 1.91 bits per heavy atom. The van der Waals surface area contributed by atoms with Crippen molar-refractivity contribution in [2.24, 2.45) is 0 Å². The Kier molecular flexibility index (Phi) is 5.94. The van der Waals surface area contributed by atoms with Crippen LogP contribution in [0.1, 0.15) is 21.7 Å². The first-order valence-corrected chi connectivity index (χ1v) is 7.93. The predicted molar refractivity (Wildman–Crippen MR) is 88.4 cm³/mol. The van der Waals surface area contributed by atoms with Crippen LogP contribution in [-0.2, 0) is 6.54 Å². The molecular formula is C17H27N3O2. The largest absolute Gasteiger partial charge is 0.395 e. The van der Waals surface area contributed by atoms with Gasteiger partial charge in [-0.1, -0.05) is 6.08 Å². The number of allylic oxidation sites excluding steroid dienone is 1. The van der Waals surface area contributed by atoms with E-state index in [1.165, 1.54) is 0 Å². The van der Waals surface area contributed by atoms with Crippen LogP contribution in [0.4, 0.5) is 0 Å². The Morgan fingerprint density at radius 1 is 1.27 bits per heavy atom. The van der Waals surface area contributed by atoms with Crippen LogP contribution in [0.5, 0.6) is 0 Å². The summed E-state index contributed by atoms with van der Waals surface area (Å²) in [4.78, 5) is 17.0. The zero-order valence-corrected chi connectivity index (χ0v) is 13.7. The molecule has 0 atom stereocenters. The Morgan fingerprint density at radius 3 is 2.50 bits per heavy atom. The van der Waals surface area contributed by atoms with Crippen molar-refractivity contribution in [1.29, 1.82) is 0 Å². The maximum atomic E-state index is 12.6. The number of β-amino-alcohol motifs (C(OH)–C–C–N with tert-alkyl or cyclic N) is 1. The van der Waals surface area contributed by atoms with Gasteiger partial charge in [-0.15, -0.1) is 6.58 Å². The van der Waals surface area contributed by atoms with E-state index >= 15 is 0 Å². The second-order valence-electron chi connectivity index (χ2n) is 5.95. The Bertz CT molecular complexity index is 528. The number of ketones is 1. The van der Waals surface area contributed by atoms with Crippen LogP contribution in [0.15, 0.2) is 18.7 Å². The Labute approximate surface area is 132 Å². The summed E-state index contributed by atoms with van der Waals surface area (Å²) in [7, 11) is 0. The van der Waals surface area contributed by atoms with Gasteiger partial charge in [0.2, 0.25) is 0 Å². The third kappa shape index (κ3) is 3.85. The van der Waals surface area contributed by atoms with Crippen LogP contribution in [0.2, 0.25) is 0 Å². The highest BCUT2D eigenvalue weighted by atomic mass is 16.3. The van der Waals surface area contributed by atoms with Crippen molar-refractivity contribution in [3.05, 3.63) is 35.7 Å². The third-order valence-electron chi connectivity index (χ3n) is 4.43. The molecule has 5 heteroatoms. The first-order valence-electron chi connectivity index (χ1n) is 7.93. The summed E-state index contributed by atoms with van der Waals surface area (Å²) in [5, 5.41) is 8.96. The quantitative estimate of drug-likeness (QED) is 0.605. The van der Waals surface area contributed by atoms with E-state index < -0.39 is 0 Å². The van der Waals surface area contributed by atoms with Gasteiger partial charge in [-0.25, -0.2) is 0 Å². The number of carbonyl (C=O) groups is 1. The highest BCUT2D eigenvalue weighted by Gasteiger charge is 2.21. The average Bonchev–Trinajstić information content (AvgIpc) is 2.78. The summed E-state index contributed by atoms with van der Waals surface area (Å²) in [6, 6.07) is 1.99. The molecule has 0 radical (unpaired) electrons. The van der Waals surface area contributed by atoms with Crippen LogP contribution >= 0.6 is 0 Å². The zero-order chi connectivity index (χ0) is 16.1. The predicted octanol–water partition coefficient (Wildman–Crippen LogP) is 1.08. The highest BCUT2D eigenvalue weighted by Crippen LogP contribution is 2.16. The first kappa shape index (κ1) is 16.9. The molecule has 1 aromatic rings. The third-order valence-corrected chi connectivity index (χ3v) is 4.43. The lowest BCUT2D eigenvalue weighted by atomic mass is 10.1. The molecule has 0 spiro atoms. The summed E-state index contributed by atoms with van der Waals surface area (Å²) in [6.45, 7) is 13.6. The van der Waals surface area contributed by atoms with Gasteiger partial charge in [0, 0.05) is 56.2 Å². The molecule has 1 aliphatic rings. The van der Waals surface area contributed by atoms with Crippen LogP contribution in [0.25, 0.3) is 0 Å². The van der Waals surface area contributed by atoms with E-state index in [9.17, 15) is 4.79 Å². The number of aliphatic hydroxyl groups excluding tert-OH is 1. The molecule has 2 heterocycles. The molecule has 0 unspecified atom stereocenters. The van der Waals surface area contributed by atoms with E-state index in [0.29, 0.717) is 6.54 Å². The van der Waals surface area contributed by atoms with Crippen molar-refractivity contribution < 1.29 is 9.90 Å². The molecule has 1 aromatic heterocycles. The number of aryl methyl sites for hydroxylation is 1. The van der Waals surface area contributed by atoms with Crippen molar-refractivity contribution in [1.82, 2.24) is 14.4 Å². The minimum atomic E-state index is 0.194. The second kappa shape index (κ2) is 7.72. The lowest BCUT2D eigenvalue weighted by Gasteiger charge is -2.33. The number of nitrogens with zero attached hydrogens (tertiary/aromatic N) is 3. The van der Waals surface area contributed by atoms with E-state index in [0.717, 1.165) is 56.2 Å². The van der Waals surface area contributed by atoms with Gasteiger partial charge in [0.05, 0.1) is 13.2 Å². The maximum Gasteiger partial charge on any atom is 0.178 e. The van der Waals surface area contributed by atoms with Gasteiger partial charge >= 0.3 is 0 Å². The average molecular weight is 305 g/mol. The summed E-state index contributed by atoms with van der Waals surface area (Å²) >= 11 is 0. The van der Waals surface area contributed by atoms with Gasteiger partial charge in [0.25, 0.3) is 0 Å². The molecular weight excluding hydrogens is 278 g/mol. The number of rotatable bonds is 7. The smallest absolute Gasteiger partial charge is 0.178 e. The molecule has 0 bridgehead atoms. The normalized spacial score (nSPS) is 16.9. The van der Waals surface area contributed by atoms with E-state index in [1.807, 2.05) is 26.0 Å². The van der Waals surface area contributed by atoms with Crippen LogP contribution in [0, 0.1) is 13.8 Å². The molecule has 1 aliphatic heterocycles. The number of hydrogen-bond acceptors (Lipinski definition) is 4. The SMILES string of the molecule is C=CCn1c(C)cc(C(=O)CN2CCN(CCO)CC2)c1C. The van der Waals surface area contributed by atoms with Gasteiger partial charge in [-0.3, -0.25) is 14.6 Å². The summed E-state index contributed by atoms with van der Waals surface area (Å²) in [6.07, 6.45) is 1.86. The minimum absolute atomic E-state index is 0.194. The van der Waals surface area contributed by atoms with Crippen molar-refractivity contribution in [2.45, 2.75) is 20.4 Å². The van der Waals surface area contributed by atoms with Crippen molar-refractivity contribution in [3.8, 4) is 0 Å². The van der Waals surface area contributed by atoms with E-state index in [-0.39, 0.29) is 12.4 Å². The molecule has 1 fully saturated rings. The second-order valence-corrected chi connectivity index (χ2v) is 5.95. The van der Waals surface area contributed by atoms with Gasteiger partial charge < -0.3 is 9.67 Å². The van der Waals surface area contributed by atoms with Crippen molar-refractivity contribution >= 4 is 5.78 Å². The number of Topliss-reactive ketones (excluding diaryl/α,β-unsaturated/α-hetero) is 1. The first-order chi connectivity index (χ1) is 10.6. The van der Waals surface area contributed by atoms with Crippen LogP contribution in [-0.4, -0.2) is 71.1 Å². The van der Waals surface area contributed by atoms with Gasteiger partial charge in [0.15, 0.2) is 5.78 Å². The molecule has 0 aliphatic carbocycles. The van der Waals surface area contributed by atoms with Crippen molar-refractivity contribution in [3.63, 3.8) is 0 Å². The van der Waals surface area contributed by atoms with Gasteiger partial charge in [0.1, 0.15) is 0 Å². The number of aliphatic hydroxyl groups is 1. The Balaban J connectivity index is 1.96. The summed E-state index contributed by atoms with van der Waals surface area (Å²) < 4.78 is 2.12. The molecule has 0 saturated carbocycles. The minimum Gasteiger partial charge on any atom is -0.395 e. The molecule has 1 saturated heterocycles. The molecule has 5 nitrogen and oxygen atoms in total. The fourth-order valence-corrected chi connectivity index (χ4v) is 3.09. The topological polar surface area (TPSA) is 48.7 Å². The molecule has 0 amide bonds. The number of piperazine rings is 1. The van der Waals surface area contributed by atoms with Crippen molar-refractivity contribution in [2.75, 3.05) is 45.9 Å². The van der Waals surface area contributed by atoms with E-state index in [1.54, 1.807) is 0 Å².